The Balaban J connectivity index is 1.30. The van der Waals surface area contributed by atoms with Crippen LogP contribution >= 0.6 is 15.9 Å². The van der Waals surface area contributed by atoms with E-state index in [0.717, 1.165) is 24.1 Å². The second-order valence-corrected chi connectivity index (χ2v) is 12.3. The number of rotatable bonds is 8. The van der Waals surface area contributed by atoms with Gasteiger partial charge in [0.2, 0.25) is 11.8 Å². The number of piperidine rings is 1. The van der Waals surface area contributed by atoms with Crippen molar-refractivity contribution in [2.75, 3.05) is 26.0 Å². The van der Waals surface area contributed by atoms with Gasteiger partial charge in [-0.15, -0.1) is 0 Å². The quantitative estimate of drug-likeness (QED) is 0.231. The first-order valence-corrected chi connectivity index (χ1v) is 14.5. The standard InChI is InChI=1S/C30H31BrN8O3/c1-17(40)28-21-10-19(20-13-32-18(2)33-14-20)8-9-22(21)38(36-28)15-27(41)39-23(11-30(12-24(30)39)16-37(3)4)29(42)35-26-7-5-6-25(31)34-26/h5-10,13-14,23-24H,11-12,15-16H2,1-4H3,(H,34,35,42)/t23-,24-,30+/m0/s1. The molecule has 0 radical (unpaired) electrons. The Morgan fingerprint density at radius 2 is 1.86 bits per heavy atom. The van der Waals surface area contributed by atoms with E-state index in [4.69, 9.17) is 0 Å². The van der Waals surface area contributed by atoms with Gasteiger partial charge < -0.3 is 15.1 Å². The average molecular weight is 632 g/mol. The van der Waals surface area contributed by atoms with E-state index in [1.807, 2.05) is 39.2 Å². The van der Waals surface area contributed by atoms with Gasteiger partial charge in [0.1, 0.15) is 34.5 Å². The molecule has 0 spiro atoms. The van der Waals surface area contributed by atoms with Crippen LogP contribution in [0.4, 0.5) is 5.82 Å². The van der Waals surface area contributed by atoms with E-state index in [1.165, 1.54) is 6.92 Å². The van der Waals surface area contributed by atoms with Crippen LogP contribution in [0.25, 0.3) is 22.0 Å². The summed E-state index contributed by atoms with van der Waals surface area (Å²) in [6.07, 6.45) is 4.89. The number of carbonyl (C=O) groups is 3. The molecule has 1 aliphatic carbocycles. The predicted molar refractivity (Wildman–Crippen MR) is 161 cm³/mol. The number of halogens is 1. The average Bonchev–Trinajstić information content (AvgIpc) is 3.33. The van der Waals surface area contributed by atoms with Gasteiger partial charge in [-0.1, -0.05) is 12.1 Å². The van der Waals surface area contributed by atoms with Crippen molar-refractivity contribution in [3.8, 4) is 11.1 Å². The number of aryl methyl sites for hydroxylation is 1. The Bertz CT molecular complexity index is 1720. The number of aromatic nitrogens is 5. The highest BCUT2D eigenvalue weighted by molar-refractivity contribution is 9.10. The van der Waals surface area contributed by atoms with E-state index < -0.39 is 6.04 Å². The number of nitrogens with zero attached hydrogens (tertiary/aromatic N) is 7. The second kappa shape index (κ2) is 10.7. The van der Waals surface area contributed by atoms with Crippen LogP contribution in [-0.2, 0) is 16.1 Å². The number of fused-ring (bicyclic) bond motifs is 2. The van der Waals surface area contributed by atoms with Crippen LogP contribution in [0.3, 0.4) is 0 Å². The Kier molecular flexibility index (Phi) is 7.14. The summed E-state index contributed by atoms with van der Waals surface area (Å²) in [4.78, 5) is 56.8. The molecule has 2 amide bonds. The molecule has 0 unspecified atom stereocenters. The number of amides is 2. The Morgan fingerprint density at radius 3 is 2.55 bits per heavy atom. The van der Waals surface area contributed by atoms with Crippen LogP contribution in [0.1, 0.15) is 36.1 Å². The molecule has 216 valence electrons. The predicted octanol–water partition coefficient (Wildman–Crippen LogP) is 3.72. The zero-order chi connectivity index (χ0) is 29.8. The van der Waals surface area contributed by atoms with Crippen molar-refractivity contribution in [3.05, 3.63) is 64.9 Å². The zero-order valence-electron chi connectivity index (χ0n) is 23.8. The van der Waals surface area contributed by atoms with Crippen molar-refractivity contribution >= 4 is 50.2 Å². The molecule has 1 N–H and O–H groups in total. The molecule has 1 saturated heterocycles. The van der Waals surface area contributed by atoms with E-state index in [-0.39, 0.29) is 41.3 Å². The SMILES string of the molecule is CC(=O)c1nn(CC(=O)N2[C@H]3C[C@@]3(CN(C)C)C[C@H]2C(=O)Nc2cccc(Br)n2)c2ccc(-c3cnc(C)nc3)cc12. The molecule has 11 nitrogen and oxygen atoms in total. The topological polar surface area (TPSA) is 126 Å². The van der Waals surface area contributed by atoms with E-state index in [9.17, 15) is 14.4 Å². The minimum absolute atomic E-state index is 0.0409. The number of anilines is 1. The Labute approximate surface area is 251 Å². The first kappa shape index (κ1) is 28.1. The molecule has 3 atom stereocenters. The van der Waals surface area contributed by atoms with Gasteiger partial charge in [-0.05, 0) is 79.6 Å². The molecule has 1 aliphatic heterocycles. The number of ketones is 1. The van der Waals surface area contributed by atoms with Crippen LogP contribution < -0.4 is 5.32 Å². The molecular weight excluding hydrogens is 600 g/mol. The lowest BCUT2D eigenvalue weighted by Crippen LogP contribution is -2.46. The van der Waals surface area contributed by atoms with Crippen LogP contribution in [0.15, 0.2) is 53.4 Å². The van der Waals surface area contributed by atoms with E-state index in [0.29, 0.717) is 33.6 Å². The largest absolute Gasteiger partial charge is 0.325 e. The maximum atomic E-state index is 14.0. The van der Waals surface area contributed by atoms with Gasteiger partial charge in [0.15, 0.2) is 5.78 Å². The third-order valence-electron chi connectivity index (χ3n) is 8.09. The maximum Gasteiger partial charge on any atom is 0.248 e. The number of benzene rings is 1. The Morgan fingerprint density at radius 1 is 1.10 bits per heavy atom. The van der Waals surface area contributed by atoms with Gasteiger partial charge in [0.05, 0.1) is 5.52 Å². The van der Waals surface area contributed by atoms with Crippen molar-refractivity contribution in [2.24, 2.45) is 5.41 Å². The second-order valence-electron chi connectivity index (χ2n) is 11.5. The summed E-state index contributed by atoms with van der Waals surface area (Å²) in [5.74, 6) is 0.413. The third kappa shape index (κ3) is 5.20. The van der Waals surface area contributed by atoms with Gasteiger partial charge >= 0.3 is 0 Å². The van der Waals surface area contributed by atoms with Crippen LogP contribution in [0, 0.1) is 12.3 Å². The summed E-state index contributed by atoms with van der Waals surface area (Å²) < 4.78 is 2.18. The van der Waals surface area contributed by atoms with Crippen LogP contribution in [0.5, 0.6) is 0 Å². The first-order valence-electron chi connectivity index (χ1n) is 13.7. The molecule has 0 bridgehead atoms. The van der Waals surface area contributed by atoms with Crippen molar-refractivity contribution < 1.29 is 14.4 Å². The van der Waals surface area contributed by atoms with Crippen molar-refractivity contribution in [3.63, 3.8) is 0 Å². The fourth-order valence-corrected chi connectivity index (χ4v) is 6.59. The highest BCUT2D eigenvalue weighted by atomic mass is 79.9. The van der Waals surface area contributed by atoms with Crippen molar-refractivity contribution in [1.82, 2.24) is 34.5 Å². The van der Waals surface area contributed by atoms with Gasteiger partial charge in [-0.2, -0.15) is 5.10 Å². The third-order valence-corrected chi connectivity index (χ3v) is 8.53. The highest BCUT2D eigenvalue weighted by Crippen LogP contribution is 2.60. The van der Waals surface area contributed by atoms with E-state index >= 15 is 0 Å². The number of hydrogen-bond donors (Lipinski definition) is 1. The number of nitrogens with one attached hydrogen (secondary N) is 1. The molecule has 1 aromatic carbocycles. The number of carbonyl (C=O) groups excluding carboxylic acids is 3. The minimum Gasteiger partial charge on any atom is -0.325 e. The summed E-state index contributed by atoms with van der Waals surface area (Å²) in [6.45, 7) is 3.97. The molecule has 2 aliphatic rings. The highest BCUT2D eigenvalue weighted by Gasteiger charge is 2.67. The van der Waals surface area contributed by atoms with E-state index in [1.54, 1.807) is 40.2 Å². The fraction of sp³-hybridized carbons (Fsp3) is 0.367. The molecule has 4 aromatic rings. The zero-order valence-corrected chi connectivity index (χ0v) is 25.4. The summed E-state index contributed by atoms with van der Waals surface area (Å²) >= 11 is 3.34. The summed E-state index contributed by atoms with van der Waals surface area (Å²) in [5, 5.41) is 8.11. The lowest BCUT2D eigenvalue weighted by Gasteiger charge is -2.27. The Hall–Kier alpha value is -4.03. The fourth-order valence-electron chi connectivity index (χ4n) is 6.25. The number of hydrogen-bond acceptors (Lipinski definition) is 8. The number of Topliss-reactive ketones (excluding diaryl/α,β-unsaturated/α-hetero) is 1. The summed E-state index contributed by atoms with van der Waals surface area (Å²) in [6, 6.07) is 10.3. The van der Waals surface area contributed by atoms with E-state index in [2.05, 4.69) is 46.2 Å². The summed E-state index contributed by atoms with van der Waals surface area (Å²) in [7, 11) is 4.01. The van der Waals surface area contributed by atoms with Gasteiger partial charge in [-0.3, -0.25) is 19.1 Å². The van der Waals surface area contributed by atoms with Crippen molar-refractivity contribution in [1.29, 1.82) is 0 Å². The molecule has 42 heavy (non-hydrogen) atoms. The van der Waals surface area contributed by atoms with Gasteiger partial charge in [-0.25, -0.2) is 15.0 Å². The van der Waals surface area contributed by atoms with Gasteiger partial charge in [0.25, 0.3) is 0 Å². The number of likely N-dealkylation sites (tertiary alicyclic amines) is 1. The first-order chi connectivity index (χ1) is 20.0. The molecule has 4 heterocycles. The molecule has 3 aromatic heterocycles. The van der Waals surface area contributed by atoms with Crippen LogP contribution in [0.2, 0.25) is 0 Å². The van der Waals surface area contributed by atoms with Gasteiger partial charge in [0, 0.05) is 48.3 Å². The molecule has 2 fully saturated rings. The lowest BCUT2D eigenvalue weighted by molar-refractivity contribution is -0.138. The molecule has 1 saturated carbocycles. The number of pyridine rings is 1. The molecular formula is C30H31BrN8O3. The smallest absolute Gasteiger partial charge is 0.248 e. The lowest BCUT2D eigenvalue weighted by atomic mass is 9.98. The summed E-state index contributed by atoms with van der Waals surface area (Å²) in [5.41, 5.74) is 2.49. The normalized spacial score (nSPS) is 21.0. The molecule has 6 rings (SSSR count). The maximum absolute atomic E-state index is 14.0. The van der Waals surface area contributed by atoms with Crippen LogP contribution in [-0.4, -0.2) is 84.9 Å². The van der Waals surface area contributed by atoms with Crippen molar-refractivity contribution in [2.45, 2.75) is 45.3 Å². The monoisotopic (exact) mass is 630 g/mol. The molecule has 12 heteroatoms. The minimum atomic E-state index is -0.640.